The molecule has 6 nitrogen and oxygen atoms in total. The minimum Gasteiger partial charge on any atom is -0.465 e. The van der Waals surface area contributed by atoms with Crippen LogP contribution in [-0.4, -0.2) is 52.2 Å². The van der Waals surface area contributed by atoms with E-state index in [0.717, 1.165) is 31.7 Å². The van der Waals surface area contributed by atoms with Crippen LogP contribution in [0.25, 0.3) is 0 Å². The molecule has 0 spiro atoms. The maximum atomic E-state index is 11.0. The number of hydrogen-bond acceptors (Lipinski definition) is 4. The van der Waals surface area contributed by atoms with Gasteiger partial charge >= 0.3 is 6.09 Å². The molecule has 1 amide bonds. The van der Waals surface area contributed by atoms with E-state index >= 15 is 0 Å². The van der Waals surface area contributed by atoms with E-state index in [1.165, 1.54) is 23.3 Å². The average molecular weight is 311 g/mol. The first-order valence-corrected chi connectivity index (χ1v) is 7.67. The molecule has 7 heteroatoms. The third-order valence-electron chi connectivity index (χ3n) is 4.40. The van der Waals surface area contributed by atoms with Crippen LogP contribution in [0.15, 0.2) is 6.20 Å². The van der Waals surface area contributed by atoms with Gasteiger partial charge in [0.2, 0.25) is 5.28 Å². The van der Waals surface area contributed by atoms with Crippen LogP contribution < -0.4 is 4.90 Å². The highest BCUT2D eigenvalue weighted by atomic mass is 35.5. The topological polar surface area (TPSA) is 69.6 Å². The van der Waals surface area contributed by atoms with Crippen molar-refractivity contribution < 1.29 is 9.90 Å². The largest absolute Gasteiger partial charge is 0.465 e. The van der Waals surface area contributed by atoms with Crippen LogP contribution in [0.2, 0.25) is 5.28 Å². The molecule has 1 aromatic rings. The lowest BCUT2D eigenvalue weighted by Gasteiger charge is -2.36. The molecule has 1 saturated carbocycles. The van der Waals surface area contributed by atoms with Crippen LogP contribution in [0.3, 0.4) is 0 Å². The molecule has 0 aromatic carbocycles. The van der Waals surface area contributed by atoms with Gasteiger partial charge in [-0.3, -0.25) is 0 Å². The Bertz CT molecular complexity index is 542. The molecule has 2 heterocycles. The van der Waals surface area contributed by atoms with Crippen molar-refractivity contribution in [3.05, 3.63) is 17.0 Å². The van der Waals surface area contributed by atoms with E-state index in [-0.39, 0.29) is 11.3 Å². The second-order valence-corrected chi connectivity index (χ2v) is 6.14. The zero-order valence-electron chi connectivity index (χ0n) is 12.0. The van der Waals surface area contributed by atoms with Gasteiger partial charge in [0.15, 0.2) is 0 Å². The molecule has 0 atom stereocenters. The number of aromatic nitrogens is 2. The molecular formula is C14H19ClN4O2. The summed E-state index contributed by atoms with van der Waals surface area (Å²) in [6.07, 6.45) is 4.99. The number of piperidine rings is 1. The first kappa shape index (κ1) is 14.4. The first-order chi connectivity index (χ1) is 10.1. The molecule has 3 rings (SSSR count). The molecule has 0 bridgehead atoms. The van der Waals surface area contributed by atoms with Crippen molar-refractivity contribution in [1.82, 2.24) is 14.9 Å². The van der Waals surface area contributed by atoms with Gasteiger partial charge in [0, 0.05) is 37.9 Å². The lowest BCUT2D eigenvalue weighted by Crippen LogP contribution is -2.45. The van der Waals surface area contributed by atoms with E-state index in [2.05, 4.69) is 14.9 Å². The standard InChI is InChI=1S/C14H19ClN4O2/c1-18(14(20)21)10-4-6-19(7-5-10)12-11(9-2-3-9)8-16-13(15)17-12/h8-10H,2-7H2,1H3,(H,20,21). The monoisotopic (exact) mass is 310 g/mol. The Kier molecular flexibility index (Phi) is 3.89. The Balaban J connectivity index is 1.72. The highest BCUT2D eigenvalue weighted by Gasteiger charge is 2.32. The second kappa shape index (κ2) is 5.67. The van der Waals surface area contributed by atoms with Gasteiger partial charge in [0.1, 0.15) is 5.82 Å². The molecule has 0 radical (unpaired) electrons. The second-order valence-electron chi connectivity index (χ2n) is 5.80. The predicted molar refractivity (Wildman–Crippen MR) is 80.0 cm³/mol. The molecular weight excluding hydrogens is 292 g/mol. The van der Waals surface area contributed by atoms with Crippen LogP contribution in [0.4, 0.5) is 10.6 Å². The van der Waals surface area contributed by atoms with Crippen molar-refractivity contribution in [3.63, 3.8) is 0 Å². The van der Waals surface area contributed by atoms with E-state index in [1.54, 1.807) is 7.05 Å². The summed E-state index contributed by atoms with van der Waals surface area (Å²) in [6, 6.07) is 0.0837. The normalized spacial score (nSPS) is 19.6. The van der Waals surface area contributed by atoms with Crippen LogP contribution >= 0.6 is 11.6 Å². The van der Waals surface area contributed by atoms with Crippen LogP contribution in [0.1, 0.15) is 37.2 Å². The zero-order valence-corrected chi connectivity index (χ0v) is 12.8. The van der Waals surface area contributed by atoms with Gasteiger partial charge in [0.25, 0.3) is 0 Å². The molecule has 114 valence electrons. The van der Waals surface area contributed by atoms with Crippen LogP contribution in [0, 0.1) is 0 Å². The SMILES string of the molecule is CN(C(=O)O)C1CCN(c2nc(Cl)ncc2C2CC2)CC1. The summed E-state index contributed by atoms with van der Waals surface area (Å²) in [5, 5.41) is 9.33. The molecule has 1 aliphatic carbocycles. The van der Waals surface area contributed by atoms with Crippen molar-refractivity contribution in [2.75, 3.05) is 25.0 Å². The van der Waals surface area contributed by atoms with Crippen molar-refractivity contribution in [2.24, 2.45) is 0 Å². The molecule has 21 heavy (non-hydrogen) atoms. The summed E-state index contributed by atoms with van der Waals surface area (Å²) in [6.45, 7) is 1.60. The molecule has 1 aliphatic heterocycles. The van der Waals surface area contributed by atoms with Gasteiger partial charge in [-0.05, 0) is 43.2 Å². The highest BCUT2D eigenvalue weighted by molar-refractivity contribution is 6.28. The Labute approximate surface area is 128 Å². The maximum absolute atomic E-state index is 11.0. The minimum atomic E-state index is -0.864. The number of carboxylic acid groups (broad SMARTS) is 1. The van der Waals surface area contributed by atoms with Crippen LogP contribution in [0.5, 0.6) is 0 Å². The number of nitrogens with zero attached hydrogens (tertiary/aromatic N) is 4. The lowest BCUT2D eigenvalue weighted by molar-refractivity contribution is 0.131. The van der Waals surface area contributed by atoms with Crippen molar-refractivity contribution in [1.29, 1.82) is 0 Å². The molecule has 2 fully saturated rings. The molecule has 0 unspecified atom stereocenters. The van der Waals surface area contributed by atoms with Gasteiger partial charge in [0.05, 0.1) is 0 Å². The number of amides is 1. The molecule has 1 saturated heterocycles. The number of rotatable bonds is 3. The van der Waals surface area contributed by atoms with Gasteiger partial charge in [-0.25, -0.2) is 14.8 Å². The fourth-order valence-electron chi connectivity index (χ4n) is 2.92. The summed E-state index contributed by atoms with van der Waals surface area (Å²) in [5.74, 6) is 1.51. The maximum Gasteiger partial charge on any atom is 0.407 e. The quantitative estimate of drug-likeness (QED) is 0.869. The number of halogens is 1. The van der Waals surface area contributed by atoms with E-state index < -0.39 is 6.09 Å². The number of anilines is 1. The van der Waals surface area contributed by atoms with E-state index in [1.807, 2.05) is 6.20 Å². The van der Waals surface area contributed by atoms with Crippen molar-refractivity contribution >= 4 is 23.5 Å². The zero-order chi connectivity index (χ0) is 15.0. The van der Waals surface area contributed by atoms with E-state index in [9.17, 15) is 4.79 Å². The minimum absolute atomic E-state index is 0.0837. The van der Waals surface area contributed by atoms with Crippen molar-refractivity contribution in [2.45, 2.75) is 37.6 Å². The van der Waals surface area contributed by atoms with E-state index in [0.29, 0.717) is 5.92 Å². The van der Waals surface area contributed by atoms with Gasteiger partial charge < -0.3 is 14.9 Å². The summed E-state index contributed by atoms with van der Waals surface area (Å²) < 4.78 is 0. The Hall–Kier alpha value is -1.56. The summed E-state index contributed by atoms with van der Waals surface area (Å²) in [5.41, 5.74) is 1.18. The number of carbonyl (C=O) groups is 1. The third-order valence-corrected chi connectivity index (χ3v) is 4.58. The Morgan fingerprint density at radius 3 is 2.62 bits per heavy atom. The number of hydrogen-bond donors (Lipinski definition) is 1. The fraction of sp³-hybridized carbons (Fsp3) is 0.643. The molecule has 1 aromatic heterocycles. The Morgan fingerprint density at radius 2 is 2.05 bits per heavy atom. The Morgan fingerprint density at radius 1 is 1.38 bits per heavy atom. The predicted octanol–water partition coefficient (Wildman–Crippen LogP) is 2.59. The highest BCUT2D eigenvalue weighted by Crippen LogP contribution is 2.44. The van der Waals surface area contributed by atoms with Crippen molar-refractivity contribution in [3.8, 4) is 0 Å². The molecule has 2 aliphatic rings. The smallest absolute Gasteiger partial charge is 0.407 e. The average Bonchev–Trinajstić information content (AvgIpc) is 3.31. The molecule has 1 N–H and O–H groups in total. The summed E-state index contributed by atoms with van der Waals surface area (Å²) >= 11 is 5.95. The van der Waals surface area contributed by atoms with Gasteiger partial charge in [-0.1, -0.05) is 0 Å². The summed E-state index contributed by atoms with van der Waals surface area (Å²) in [4.78, 5) is 23.2. The summed E-state index contributed by atoms with van der Waals surface area (Å²) in [7, 11) is 1.64. The third kappa shape index (κ3) is 3.05. The lowest BCUT2D eigenvalue weighted by atomic mass is 10.0. The van der Waals surface area contributed by atoms with Crippen LogP contribution in [-0.2, 0) is 0 Å². The van der Waals surface area contributed by atoms with Gasteiger partial charge in [-0.2, -0.15) is 0 Å². The van der Waals surface area contributed by atoms with E-state index in [4.69, 9.17) is 16.7 Å². The van der Waals surface area contributed by atoms with Gasteiger partial charge in [-0.15, -0.1) is 0 Å². The fourth-order valence-corrected chi connectivity index (χ4v) is 3.05. The first-order valence-electron chi connectivity index (χ1n) is 7.29.